The average Bonchev–Trinajstić information content (AvgIpc) is 2.38. The lowest BCUT2D eigenvalue weighted by molar-refractivity contribution is 0.264. The Morgan fingerprint density at radius 1 is 1.32 bits per heavy atom. The van der Waals surface area contributed by atoms with Crippen LogP contribution in [0.3, 0.4) is 0 Å². The molecule has 1 aromatic carbocycles. The van der Waals surface area contributed by atoms with Crippen LogP contribution < -0.4 is 5.32 Å². The quantitative estimate of drug-likeness (QED) is 0.841. The molecular weight excluding hydrogens is 244 g/mol. The number of rotatable bonds is 4. The van der Waals surface area contributed by atoms with Gasteiger partial charge in [0.15, 0.2) is 0 Å². The molecule has 3 atom stereocenters. The lowest BCUT2D eigenvalue weighted by atomic mass is 9.84. The molecule has 3 unspecified atom stereocenters. The molecule has 1 saturated carbocycles. The third kappa shape index (κ3) is 3.75. The number of hydrogen-bond donors (Lipinski definition) is 1. The summed E-state index contributed by atoms with van der Waals surface area (Å²) in [5, 5.41) is 3.50. The van der Waals surface area contributed by atoms with Gasteiger partial charge in [0.2, 0.25) is 0 Å². The van der Waals surface area contributed by atoms with Gasteiger partial charge in [-0.25, -0.2) is 8.78 Å². The number of benzene rings is 1. The molecule has 1 N–H and O–H groups in total. The van der Waals surface area contributed by atoms with Crippen molar-refractivity contribution in [1.82, 2.24) is 5.32 Å². The molecular formula is C16H23F2N. The van der Waals surface area contributed by atoms with Crippen molar-refractivity contribution in [1.29, 1.82) is 0 Å². The van der Waals surface area contributed by atoms with Crippen molar-refractivity contribution >= 4 is 0 Å². The Hall–Kier alpha value is -0.960. The van der Waals surface area contributed by atoms with Crippen LogP contribution in [0.1, 0.15) is 57.6 Å². The Bertz CT molecular complexity index is 419. The summed E-state index contributed by atoms with van der Waals surface area (Å²) in [6.07, 6.45) is 6.10. The van der Waals surface area contributed by atoms with Crippen molar-refractivity contribution < 1.29 is 8.78 Å². The van der Waals surface area contributed by atoms with Gasteiger partial charge in [0.1, 0.15) is 11.6 Å². The molecule has 106 valence electrons. The molecule has 0 spiro atoms. The molecule has 0 bridgehead atoms. The normalized spacial score (nSPS) is 25.3. The molecule has 3 heteroatoms. The van der Waals surface area contributed by atoms with Crippen LogP contribution in [-0.2, 0) is 0 Å². The summed E-state index contributed by atoms with van der Waals surface area (Å²) in [5.41, 5.74) is 0.556. The summed E-state index contributed by atoms with van der Waals surface area (Å²) in [6.45, 7) is 4.18. The predicted molar refractivity (Wildman–Crippen MR) is 73.9 cm³/mol. The van der Waals surface area contributed by atoms with Crippen molar-refractivity contribution in [3.63, 3.8) is 0 Å². The minimum atomic E-state index is -0.517. The molecule has 1 nitrogen and oxygen atoms in total. The summed E-state index contributed by atoms with van der Waals surface area (Å²) in [5.74, 6) is -0.184. The molecule has 2 rings (SSSR count). The van der Waals surface area contributed by atoms with E-state index in [1.807, 2.05) is 6.92 Å². The molecule has 1 aliphatic carbocycles. The first-order chi connectivity index (χ1) is 9.10. The molecule has 1 fully saturated rings. The van der Waals surface area contributed by atoms with Gasteiger partial charge in [-0.2, -0.15) is 0 Å². The summed E-state index contributed by atoms with van der Waals surface area (Å²) < 4.78 is 26.6. The molecule has 0 saturated heterocycles. The van der Waals surface area contributed by atoms with Gasteiger partial charge in [-0.3, -0.25) is 0 Å². The fourth-order valence-corrected chi connectivity index (χ4v) is 3.11. The van der Waals surface area contributed by atoms with Crippen LogP contribution in [0, 0.1) is 17.6 Å². The Labute approximate surface area is 114 Å². The van der Waals surface area contributed by atoms with Gasteiger partial charge in [0, 0.05) is 23.7 Å². The van der Waals surface area contributed by atoms with Crippen molar-refractivity contribution in [3.8, 4) is 0 Å². The van der Waals surface area contributed by atoms with Crippen LogP contribution >= 0.6 is 0 Å². The van der Waals surface area contributed by atoms with Gasteiger partial charge >= 0.3 is 0 Å². The first-order valence-corrected chi connectivity index (χ1v) is 7.31. The Morgan fingerprint density at radius 3 is 2.79 bits per heavy atom. The van der Waals surface area contributed by atoms with Gasteiger partial charge in [0.25, 0.3) is 0 Å². The maximum absolute atomic E-state index is 13.7. The van der Waals surface area contributed by atoms with E-state index in [1.165, 1.54) is 31.7 Å². The number of hydrogen-bond acceptors (Lipinski definition) is 1. The zero-order valence-electron chi connectivity index (χ0n) is 11.8. The first-order valence-electron chi connectivity index (χ1n) is 7.31. The van der Waals surface area contributed by atoms with E-state index >= 15 is 0 Å². The maximum Gasteiger partial charge on any atom is 0.130 e. The molecule has 0 radical (unpaired) electrons. The van der Waals surface area contributed by atoms with E-state index in [0.29, 0.717) is 11.6 Å². The van der Waals surface area contributed by atoms with Crippen LogP contribution in [0.4, 0.5) is 8.78 Å². The highest BCUT2D eigenvalue weighted by molar-refractivity contribution is 5.21. The second-order valence-corrected chi connectivity index (χ2v) is 5.69. The second-order valence-electron chi connectivity index (χ2n) is 5.69. The van der Waals surface area contributed by atoms with Gasteiger partial charge in [-0.15, -0.1) is 0 Å². The highest BCUT2D eigenvalue weighted by Gasteiger charge is 2.23. The molecule has 0 amide bonds. The van der Waals surface area contributed by atoms with E-state index in [1.54, 1.807) is 6.07 Å². The first kappa shape index (κ1) is 14.4. The third-order valence-corrected chi connectivity index (χ3v) is 4.27. The van der Waals surface area contributed by atoms with E-state index < -0.39 is 11.6 Å². The van der Waals surface area contributed by atoms with Crippen LogP contribution in [0.25, 0.3) is 0 Å². The minimum absolute atomic E-state index is 0.0683. The van der Waals surface area contributed by atoms with Crippen LogP contribution in [0.15, 0.2) is 18.2 Å². The van der Waals surface area contributed by atoms with Gasteiger partial charge in [0.05, 0.1) is 0 Å². The highest BCUT2D eigenvalue weighted by Crippen LogP contribution is 2.28. The molecule has 1 aromatic rings. The predicted octanol–water partition coefficient (Wildman–Crippen LogP) is 4.58. The van der Waals surface area contributed by atoms with Crippen molar-refractivity contribution in [2.75, 3.05) is 0 Å². The number of halogens is 2. The Balaban J connectivity index is 1.98. The Kier molecular flexibility index (Phi) is 4.92. The SMILES string of the molecule is CCC1CCCC(NC(C)c2ccc(F)cc2F)C1. The Morgan fingerprint density at radius 2 is 2.11 bits per heavy atom. The lowest BCUT2D eigenvalue weighted by Crippen LogP contribution is -2.36. The van der Waals surface area contributed by atoms with E-state index in [4.69, 9.17) is 0 Å². The van der Waals surface area contributed by atoms with E-state index in [-0.39, 0.29) is 6.04 Å². The molecule has 0 aromatic heterocycles. The summed E-state index contributed by atoms with van der Waals surface area (Å²) in [4.78, 5) is 0. The summed E-state index contributed by atoms with van der Waals surface area (Å²) >= 11 is 0. The highest BCUT2D eigenvalue weighted by atomic mass is 19.1. The van der Waals surface area contributed by atoms with Gasteiger partial charge in [-0.05, 0) is 31.7 Å². The largest absolute Gasteiger partial charge is 0.307 e. The maximum atomic E-state index is 13.7. The molecule has 0 aliphatic heterocycles. The van der Waals surface area contributed by atoms with Crippen LogP contribution in [0.2, 0.25) is 0 Å². The molecule has 19 heavy (non-hydrogen) atoms. The van der Waals surface area contributed by atoms with E-state index in [0.717, 1.165) is 18.4 Å². The van der Waals surface area contributed by atoms with E-state index in [2.05, 4.69) is 12.2 Å². The fourth-order valence-electron chi connectivity index (χ4n) is 3.11. The lowest BCUT2D eigenvalue weighted by Gasteiger charge is -2.31. The summed E-state index contributed by atoms with van der Waals surface area (Å²) in [6, 6.07) is 4.22. The average molecular weight is 267 g/mol. The smallest absolute Gasteiger partial charge is 0.130 e. The third-order valence-electron chi connectivity index (χ3n) is 4.27. The van der Waals surface area contributed by atoms with E-state index in [9.17, 15) is 8.78 Å². The minimum Gasteiger partial charge on any atom is -0.307 e. The molecule has 0 heterocycles. The summed E-state index contributed by atoms with van der Waals surface area (Å²) in [7, 11) is 0. The zero-order chi connectivity index (χ0) is 13.8. The van der Waals surface area contributed by atoms with Crippen LogP contribution in [-0.4, -0.2) is 6.04 Å². The van der Waals surface area contributed by atoms with Crippen molar-refractivity contribution in [3.05, 3.63) is 35.4 Å². The van der Waals surface area contributed by atoms with Crippen molar-refractivity contribution in [2.24, 2.45) is 5.92 Å². The number of nitrogens with one attached hydrogen (secondary N) is 1. The molecule has 1 aliphatic rings. The van der Waals surface area contributed by atoms with Gasteiger partial charge in [-0.1, -0.05) is 32.3 Å². The van der Waals surface area contributed by atoms with Crippen molar-refractivity contribution in [2.45, 2.75) is 58.0 Å². The van der Waals surface area contributed by atoms with Crippen LogP contribution in [0.5, 0.6) is 0 Å². The standard InChI is InChI=1S/C16H23F2N/c1-3-12-5-4-6-14(9-12)19-11(2)15-8-7-13(17)10-16(15)18/h7-8,10-12,14,19H,3-6,9H2,1-2H3. The second kappa shape index (κ2) is 6.47. The monoisotopic (exact) mass is 267 g/mol. The van der Waals surface area contributed by atoms with Gasteiger partial charge < -0.3 is 5.32 Å². The topological polar surface area (TPSA) is 12.0 Å². The fraction of sp³-hybridized carbons (Fsp3) is 0.625. The zero-order valence-corrected chi connectivity index (χ0v) is 11.8.